The lowest BCUT2D eigenvalue weighted by molar-refractivity contribution is -0.136. The molecule has 0 unspecified atom stereocenters. The van der Waals surface area contributed by atoms with Gasteiger partial charge in [0.25, 0.3) is 0 Å². The summed E-state index contributed by atoms with van der Waals surface area (Å²) >= 11 is 0. The van der Waals surface area contributed by atoms with Gasteiger partial charge in [0.05, 0.1) is 0 Å². The second kappa shape index (κ2) is 7.73. The van der Waals surface area contributed by atoms with Gasteiger partial charge in [-0.3, -0.25) is 9.59 Å². The van der Waals surface area contributed by atoms with Crippen LogP contribution in [0.3, 0.4) is 0 Å². The quantitative estimate of drug-likeness (QED) is 0.500. The van der Waals surface area contributed by atoms with Crippen molar-refractivity contribution in [3.63, 3.8) is 0 Å². The molecular formula is C17H23N3O2. The summed E-state index contributed by atoms with van der Waals surface area (Å²) in [6, 6.07) is 5.72. The molecule has 2 amide bonds. The predicted octanol–water partition coefficient (Wildman–Crippen LogP) is 3.07. The summed E-state index contributed by atoms with van der Waals surface area (Å²) in [5.74, 6) is -1.41. The van der Waals surface area contributed by atoms with Crippen molar-refractivity contribution in [1.82, 2.24) is 5.43 Å². The normalized spacial score (nSPS) is 14.9. The summed E-state index contributed by atoms with van der Waals surface area (Å²) in [6.07, 6.45) is 6.42. The Kier molecular flexibility index (Phi) is 5.69. The van der Waals surface area contributed by atoms with Crippen LogP contribution in [0.5, 0.6) is 0 Å². The zero-order chi connectivity index (χ0) is 15.9. The molecule has 0 heterocycles. The molecule has 1 aromatic carbocycles. The number of nitrogens with one attached hydrogen (secondary N) is 2. The Labute approximate surface area is 131 Å². The molecule has 5 nitrogen and oxygen atoms in total. The van der Waals surface area contributed by atoms with Crippen molar-refractivity contribution in [3.05, 3.63) is 29.3 Å². The molecule has 2 rings (SSSR count). The van der Waals surface area contributed by atoms with Gasteiger partial charge in [-0.15, -0.1) is 0 Å². The number of carbonyl (C=O) groups excluding carboxylic acids is 2. The second-order valence-electron chi connectivity index (χ2n) is 5.81. The zero-order valence-electron chi connectivity index (χ0n) is 13.2. The van der Waals surface area contributed by atoms with Crippen molar-refractivity contribution in [2.24, 2.45) is 5.10 Å². The van der Waals surface area contributed by atoms with Crippen LogP contribution in [0.1, 0.15) is 49.7 Å². The second-order valence-corrected chi connectivity index (χ2v) is 5.81. The van der Waals surface area contributed by atoms with Crippen LogP contribution in [0.4, 0.5) is 5.69 Å². The third-order valence-corrected chi connectivity index (χ3v) is 3.84. The molecule has 1 saturated carbocycles. The Balaban J connectivity index is 1.93. The highest BCUT2D eigenvalue weighted by molar-refractivity contribution is 6.39. The van der Waals surface area contributed by atoms with E-state index in [-0.39, 0.29) is 0 Å². The van der Waals surface area contributed by atoms with E-state index >= 15 is 0 Å². The molecule has 1 aromatic rings. The van der Waals surface area contributed by atoms with E-state index in [9.17, 15) is 9.59 Å². The van der Waals surface area contributed by atoms with Gasteiger partial charge in [-0.1, -0.05) is 25.0 Å². The minimum Gasteiger partial charge on any atom is -0.317 e. The summed E-state index contributed by atoms with van der Waals surface area (Å²) in [5.41, 5.74) is 5.95. The summed E-state index contributed by atoms with van der Waals surface area (Å²) in [6.45, 7) is 3.83. The molecule has 22 heavy (non-hydrogen) atoms. The standard InChI is InChI=1S/C17H23N3O2/c1-12-9-10-13(2)15(11-12)18-16(21)17(22)20-19-14-7-5-3-4-6-8-14/h9-11H,3-8H2,1-2H3,(H,18,21)(H,20,22). The van der Waals surface area contributed by atoms with E-state index in [1.807, 2.05) is 32.0 Å². The minimum absolute atomic E-state index is 0.655. The van der Waals surface area contributed by atoms with Crippen LogP contribution in [0.25, 0.3) is 0 Å². The molecule has 0 bridgehead atoms. The van der Waals surface area contributed by atoms with Gasteiger partial charge >= 0.3 is 11.8 Å². The van der Waals surface area contributed by atoms with Crippen LogP contribution in [0, 0.1) is 13.8 Å². The molecule has 1 aliphatic carbocycles. The van der Waals surface area contributed by atoms with E-state index in [0.717, 1.165) is 42.5 Å². The lowest BCUT2D eigenvalue weighted by Gasteiger charge is -2.08. The smallest absolute Gasteiger partial charge is 0.317 e. The zero-order valence-corrected chi connectivity index (χ0v) is 13.2. The number of hydrogen-bond donors (Lipinski definition) is 2. The van der Waals surface area contributed by atoms with Gasteiger partial charge in [-0.05, 0) is 56.7 Å². The van der Waals surface area contributed by atoms with E-state index in [2.05, 4.69) is 15.8 Å². The van der Waals surface area contributed by atoms with Crippen LogP contribution in [-0.4, -0.2) is 17.5 Å². The molecule has 0 spiro atoms. The number of benzene rings is 1. The van der Waals surface area contributed by atoms with Crippen LogP contribution in [0.2, 0.25) is 0 Å². The Morgan fingerprint density at radius 2 is 1.68 bits per heavy atom. The third-order valence-electron chi connectivity index (χ3n) is 3.84. The van der Waals surface area contributed by atoms with E-state index in [1.165, 1.54) is 12.8 Å². The molecule has 0 aliphatic heterocycles. The fourth-order valence-electron chi connectivity index (χ4n) is 2.48. The highest BCUT2D eigenvalue weighted by atomic mass is 16.2. The summed E-state index contributed by atoms with van der Waals surface area (Å²) in [7, 11) is 0. The number of hydrazone groups is 1. The Morgan fingerprint density at radius 1 is 1.00 bits per heavy atom. The average Bonchev–Trinajstić information content (AvgIpc) is 2.77. The van der Waals surface area contributed by atoms with E-state index in [1.54, 1.807) is 0 Å². The maximum atomic E-state index is 11.9. The molecule has 2 N–H and O–H groups in total. The summed E-state index contributed by atoms with van der Waals surface area (Å²) in [5, 5.41) is 6.73. The van der Waals surface area contributed by atoms with Gasteiger partial charge in [0, 0.05) is 11.4 Å². The fraction of sp³-hybridized carbons (Fsp3) is 0.471. The van der Waals surface area contributed by atoms with E-state index in [4.69, 9.17) is 0 Å². The summed E-state index contributed by atoms with van der Waals surface area (Å²) < 4.78 is 0. The van der Waals surface area contributed by atoms with Crippen LogP contribution in [-0.2, 0) is 9.59 Å². The van der Waals surface area contributed by atoms with Crippen molar-refractivity contribution in [1.29, 1.82) is 0 Å². The number of amides is 2. The predicted molar refractivity (Wildman–Crippen MR) is 87.8 cm³/mol. The fourth-order valence-corrected chi connectivity index (χ4v) is 2.48. The van der Waals surface area contributed by atoms with Crippen LogP contribution in [0.15, 0.2) is 23.3 Å². The largest absolute Gasteiger partial charge is 0.329 e. The van der Waals surface area contributed by atoms with Crippen molar-refractivity contribution in [3.8, 4) is 0 Å². The van der Waals surface area contributed by atoms with Gasteiger partial charge in [0.2, 0.25) is 0 Å². The molecular weight excluding hydrogens is 278 g/mol. The topological polar surface area (TPSA) is 70.6 Å². The molecule has 1 aliphatic rings. The maximum absolute atomic E-state index is 11.9. The number of nitrogens with zero attached hydrogens (tertiary/aromatic N) is 1. The number of anilines is 1. The first-order valence-corrected chi connectivity index (χ1v) is 7.80. The first kappa shape index (κ1) is 16.2. The molecule has 5 heteroatoms. The number of aryl methyl sites for hydroxylation is 2. The lowest BCUT2D eigenvalue weighted by atomic mass is 10.1. The third kappa shape index (κ3) is 4.69. The monoisotopic (exact) mass is 301 g/mol. The molecule has 0 aromatic heterocycles. The first-order chi connectivity index (χ1) is 10.6. The first-order valence-electron chi connectivity index (χ1n) is 7.80. The van der Waals surface area contributed by atoms with Gasteiger partial charge in [0.1, 0.15) is 0 Å². The molecule has 0 atom stereocenters. The Morgan fingerprint density at radius 3 is 2.36 bits per heavy atom. The van der Waals surface area contributed by atoms with Crippen molar-refractivity contribution in [2.45, 2.75) is 52.4 Å². The highest BCUT2D eigenvalue weighted by Crippen LogP contribution is 2.16. The Bertz CT molecular complexity index is 584. The van der Waals surface area contributed by atoms with Gasteiger partial charge < -0.3 is 5.32 Å². The van der Waals surface area contributed by atoms with Crippen molar-refractivity contribution >= 4 is 23.2 Å². The molecule has 118 valence electrons. The number of rotatable bonds is 2. The summed E-state index contributed by atoms with van der Waals surface area (Å²) in [4.78, 5) is 23.8. The van der Waals surface area contributed by atoms with E-state index in [0.29, 0.717) is 5.69 Å². The minimum atomic E-state index is -0.724. The highest BCUT2D eigenvalue weighted by Gasteiger charge is 2.15. The molecule has 0 saturated heterocycles. The SMILES string of the molecule is Cc1ccc(C)c(NC(=O)C(=O)NN=C2CCCCCC2)c1. The lowest BCUT2D eigenvalue weighted by Crippen LogP contribution is -2.33. The number of carbonyl (C=O) groups is 2. The molecule has 1 fully saturated rings. The van der Waals surface area contributed by atoms with Crippen LogP contribution >= 0.6 is 0 Å². The Hall–Kier alpha value is -2.17. The van der Waals surface area contributed by atoms with Crippen LogP contribution < -0.4 is 10.7 Å². The van der Waals surface area contributed by atoms with E-state index < -0.39 is 11.8 Å². The maximum Gasteiger partial charge on any atom is 0.329 e. The van der Waals surface area contributed by atoms with Crippen molar-refractivity contribution < 1.29 is 9.59 Å². The van der Waals surface area contributed by atoms with Gasteiger partial charge in [0.15, 0.2) is 0 Å². The average molecular weight is 301 g/mol. The van der Waals surface area contributed by atoms with Gasteiger partial charge in [-0.25, -0.2) is 5.43 Å². The molecule has 0 radical (unpaired) electrons. The van der Waals surface area contributed by atoms with Gasteiger partial charge in [-0.2, -0.15) is 5.10 Å². The number of hydrogen-bond acceptors (Lipinski definition) is 3. The van der Waals surface area contributed by atoms with Crippen molar-refractivity contribution in [2.75, 3.05) is 5.32 Å².